The van der Waals surface area contributed by atoms with Gasteiger partial charge in [-0.2, -0.15) is 23.1 Å². The summed E-state index contributed by atoms with van der Waals surface area (Å²) in [6.45, 7) is 3.48. The number of rotatable bonds is 5. The molecule has 0 amide bonds. The molecule has 1 atom stereocenters. The molecule has 0 radical (unpaired) electrons. The van der Waals surface area contributed by atoms with E-state index in [-0.39, 0.29) is 11.8 Å². The number of aromatic nitrogens is 2. The maximum Gasteiger partial charge on any atom is 0.425 e. The Morgan fingerprint density at radius 1 is 1.44 bits per heavy atom. The number of alkyl halides is 3. The van der Waals surface area contributed by atoms with E-state index in [0.717, 1.165) is 13.3 Å². The van der Waals surface area contributed by atoms with Gasteiger partial charge in [-0.05, 0) is 13.3 Å². The van der Waals surface area contributed by atoms with E-state index in [4.69, 9.17) is 5.73 Å². The number of ether oxygens (including phenoxy) is 1. The maximum absolute atomic E-state index is 12.3. The Morgan fingerprint density at radius 3 is 2.67 bits per heavy atom. The van der Waals surface area contributed by atoms with E-state index < -0.39 is 12.3 Å². The number of nitrogens with zero attached hydrogens (tertiary/aromatic N) is 2. The Hall–Kier alpha value is -1.73. The molecule has 1 rings (SSSR count). The van der Waals surface area contributed by atoms with Crippen LogP contribution in [0.4, 0.5) is 24.9 Å². The highest BCUT2D eigenvalue weighted by atomic mass is 19.4. The van der Waals surface area contributed by atoms with Crippen LogP contribution in [0.5, 0.6) is 5.88 Å². The smallest absolute Gasteiger partial charge is 0.425 e. The molecule has 0 aliphatic rings. The van der Waals surface area contributed by atoms with Gasteiger partial charge in [0.1, 0.15) is 5.82 Å². The molecule has 5 nitrogen and oxygen atoms in total. The summed E-state index contributed by atoms with van der Waals surface area (Å²) < 4.78 is 41.7. The zero-order chi connectivity index (χ0) is 13.8. The molecule has 18 heavy (non-hydrogen) atoms. The van der Waals surface area contributed by atoms with Crippen molar-refractivity contribution < 1.29 is 17.9 Å². The van der Waals surface area contributed by atoms with Gasteiger partial charge < -0.3 is 15.8 Å². The van der Waals surface area contributed by atoms with Crippen molar-refractivity contribution in [2.24, 2.45) is 0 Å². The van der Waals surface area contributed by atoms with Gasteiger partial charge in [-0.3, -0.25) is 0 Å². The summed E-state index contributed by atoms with van der Waals surface area (Å²) in [5, 5.41) is 2.90. The van der Waals surface area contributed by atoms with E-state index in [1.165, 1.54) is 6.07 Å². The van der Waals surface area contributed by atoms with Crippen molar-refractivity contribution in [2.75, 3.05) is 17.6 Å². The Labute approximate surface area is 103 Å². The minimum absolute atomic E-state index is 0.138. The van der Waals surface area contributed by atoms with Gasteiger partial charge in [-0.15, -0.1) is 0 Å². The zero-order valence-electron chi connectivity index (χ0n) is 10.1. The van der Waals surface area contributed by atoms with E-state index in [9.17, 15) is 13.2 Å². The quantitative estimate of drug-likeness (QED) is 0.853. The van der Waals surface area contributed by atoms with Crippen molar-refractivity contribution in [2.45, 2.75) is 32.5 Å². The lowest BCUT2D eigenvalue weighted by Crippen LogP contribution is -2.31. The average molecular weight is 264 g/mol. The fraction of sp³-hybridized carbons (Fsp3) is 0.600. The summed E-state index contributed by atoms with van der Waals surface area (Å²) in [5.74, 6) is 0.000120. The highest BCUT2D eigenvalue weighted by Gasteiger charge is 2.38. The van der Waals surface area contributed by atoms with Gasteiger partial charge in [0.15, 0.2) is 6.10 Å². The van der Waals surface area contributed by atoms with Gasteiger partial charge in [0.2, 0.25) is 11.8 Å². The molecule has 1 unspecified atom stereocenters. The van der Waals surface area contributed by atoms with Crippen LogP contribution in [-0.2, 0) is 0 Å². The van der Waals surface area contributed by atoms with E-state index in [1.807, 2.05) is 6.92 Å². The van der Waals surface area contributed by atoms with Crippen molar-refractivity contribution in [3.8, 4) is 5.88 Å². The number of anilines is 2. The summed E-state index contributed by atoms with van der Waals surface area (Å²) in [7, 11) is 0. The third kappa shape index (κ3) is 4.27. The molecule has 0 spiro atoms. The van der Waals surface area contributed by atoms with E-state index in [1.54, 1.807) is 0 Å². The Bertz CT molecular complexity index is 397. The summed E-state index contributed by atoms with van der Waals surface area (Å²) in [4.78, 5) is 7.43. The molecular formula is C10H15F3N4O. The number of hydrogen-bond acceptors (Lipinski definition) is 5. The summed E-state index contributed by atoms with van der Waals surface area (Å²) in [5.41, 5.74) is 5.39. The van der Waals surface area contributed by atoms with Gasteiger partial charge in [-0.1, -0.05) is 6.92 Å². The lowest BCUT2D eigenvalue weighted by Gasteiger charge is -2.17. The monoisotopic (exact) mass is 264 g/mol. The molecule has 0 aliphatic carbocycles. The zero-order valence-corrected chi connectivity index (χ0v) is 10.1. The van der Waals surface area contributed by atoms with Crippen LogP contribution >= 0.6 is 0 Å². The van der Waals surface area contributed by atoms with Crippen LogP contribution in [0.25, 0.3) is 0 Å². The molecule has 1 aromatic heterocycles. The second kappa shape index (κ2) is 5.74. The number of nitrogens with one attached hydrogen (secondary N) is 1. The third-order valence-electron chi connectivity index (χ3n) is 2.03. The Balaban J connectivity index is 2.79. The van der Waals surface area contributed by atoms with Crippen molar-refractivity contribution in [1.82, 2.24) is 9.97 Å². The highest BCUT2D eigenvalue weighted by Crippen LogP contribution is 2.25. The minimum Gasteiger partial charge on any atom is -0.465 e. The summed E-state index contributed by atoms with van der Waals surface area (Å²) in [6, 6.07) is 1.29. The number of nitrogens with two attached hydrogens (primary N) is 1. The molecule has 3 N–H and O–H groups in total. The highest BCUT2D eigenvalue weighted by molar-refractivity contribution is 5.42. The molecule has 0 saturated heterocycles. The predicted octanol–water partition coefficient (Wildman–Crippen LogP) is 2.21. The summed E-state index contributed by atoms with van der Waals surface area (Å²) >= 11 is 0. The molecule has 0 saturated carbocycles. The standard InChI is InChI=1S/C10H15F3N4O/c1-3-4-15-7-5-8(17-9(14)16-7)18-6(2)10(11,12)13/h5-6H,3-4H2,1-2H3,(H3,14,15,16,17). The molecule has 102 valence electrons. The second-order valence-electron chi connectivity index (χ2n) is 3.68. The third-order valence-corrected chi connectivity index (χ3v) is 2.03. The van der Waals surface area contributed by atoms with Crippen LogP contribution in [0.3, 0.4) is 0 Å². The first-order valence-corrected chi connectivity index (χ1v) is 5.44. The van der Waals surface area contributed by atoms with Crippen LogP contribution in [-0.4, -0.2) is 28.8 Å². The van der Waals surface area contributed by atoms with Crippen LogP contribution in [0.1, 0.15) is 20.3 Å². The Morgan fingerprint density at radius 2 is 2.11 bits per heavy atom. The largest absolute Gasteiger partial charge is 0.465 e. The number of nitrogen functional groups attached to an aromatic ring is 1. The number of hydrogen-bond donors (Lipinski definition) is 2. The van der Waals surface area contributed by atoms with E-state index >= 15 is 0 Å². The van der Waals surface area contributed by atoms with Gasteiger partial charge in [0, 0.05) is 12.6 Å². The minimum atomic E-state index is -4.45. The normalized spacial score (nSPS) is 13.2. The second-order valence-corrected chi connectivity index (χ2v) is 3.68. The van der Waals surface area contributed by atoms with Crippen molar-refractivity contribution >= 4 is 11.8 Å². The van der Waals surface area contributed by atoms with Crippen molar-refractivity contribution in [1.29, 1.82) is 0 Å². The van der Waals surface area contributed by atoms with Crippen LogP contribution < -0.4 is 15.8 Å². The molecule has 1 heterocycles. The topological polar surface area (TPSA) is 73.1 Å². The van der Waals surface area contributed by atoms with Crippen LogP contribution in [0.2, 0.25) is 0 Å². The van der Waals surface area contributed by atoms with Crippen LogP contribution in [0, 0.1) is 0 Å². The lowest BCUT2D eigenvalue weighted by atomic mass is 10.4. The lowest BCUT2D eigenvalue weighted by molar-refractivity contribution is -0.189. The maximum atomic E-state index is 12.3. The molecule has 1 aromatic rings. The Kier molecular flexibility index (Phi) is 4.57. The van der Waals surface area contributed by atoms with Gasteiger partial charge >= 0.3 is 6.18 Å². The summed E-state index contributed by atoms with van der Waals surface area (Å²) in [6.07, 6.45) is -5.55. The first-order valence-electron chi connectivity index (χ1n) is 5.44. The molecule has 0 aromatic carbocycles. The first kappa shape index (κ1) is 14.3. The predicted molar refractivity (Wildman–Crippen MR) is 61.4 cm³/mol. The molecular weight excluding hydrogens is 249 g/mol. The van der Waals surface area contributed by atoms with E-state index in [2.05, 4.69) is 20.0 Å². The first-order chi connectivity index (χ1) is 8.32. The van der Waals surface area contributed by atoms with Crippen LogP contribution in [0.15, 0.2) is 6.07 Å². The van der Waals surface area contributed by atoms with Crippen molar-refractivity contribution in [3.05, 3.63) is 6.07 Å². The van der Waals surface area contributed by atoms with Crippen molar-refractivity contribution in [3.63, 3.8) is 0 Å². The molecule has 8 heteroatoms. The van der Waals surface area contributed by atoms with Gasteiger partial charge in [0.05, 0.1) is 0 Å². The molecule has 0 fully saturated rings. The SMILES string of the molecule is CCCNc1cc(OC(C)C(F)(F)F)nc(N)n1. The molecule has 0 bridgehead atoms. The van der Waals surface area contributed by atoms with Gasteiger partial charge in [0.25, 0.3) is 0 Å². The van der Waals surface area contributed by atoms with Gasteiger partial charge in [-0.25, -0.2) is 0 Å². The number of halogens is 3. The molecule has 0 aliphatic heterocycles. The fourth-order valence-electron chi connectivity index (χ4n) is 1.09. The fourth-order valence-corrected chi connectivity index (χ4v) is 1.09. The van der Waals surface area contributed by atoms with E-state index in [0.29, 0.717) is 12.4 Å². The average Bonchev–Trinajstić information content (AvgIpc) is 2.24.